The minimum absolute atomic E-state index is 0.564. The molecule has 6 nitrogen and oxygen atoms in total. The van der Waals surface area contributed by atoms with E-state index < -0.39 is 0 Å². The number of hydrogen-bond donors (Lipinski definition) is 0. The highest BCUT2D eigenvalue weighted by atomic mass is 16.3. The number of hydrogen-bond acceptors (Lipinski definition) is 6. The van der Waals surface area contributed by atoms with Crippen molar-refractivity contribution in [1.82, 2.24) is 19.9 Å². The fourth-order valence-electron chi connectivity index (χ4n) is 6.67. The van der Waals surface area contributed by atoms with E-state index in [2.05, 4.69) is 71.7 Å². The van der Waals surface area contributed by atoms with E-state index in [0.29, 0.717) is 17.5 Å². The van der Waals surface area contributed by atoms with Gasteiger partial charge in [0.25, 0.3) is 0 Å². The first kappa shape index (κ1) is 25.0. The maximum absolute atomic E-state index is 6.48. The van der Waals surface area contributed by atoms with Crippen LogP contribution in [0.5, 0.6) is 0 Å². The number of nitrogens with zero attached hydrogens (tertiary/aromatic N) is 4. The Kier molecular flexibility index (Phi) is 5.19. The van der Waals surface area contributed by atoms with E-state index in [9.17, 15) is 0 Å². The molecule has 4 heterocycles. The Morgan fingerprint density at radius 1 is 0.435 bits per heavy atom. The predicted molar refractivity (Wildman–Crippen MR) is 183 cm³/mol. The summed E-state index contributed by atoms with van der Waals surface area (Å²) in [7, 11) is 0. The summed E-state index contributed by atoms with van der Waals surface area (Å²) in [6.07, 6.45) is 3.60. The van der Waals surface area contributed by atoms with Gasteiger partial charge in [0.15, 0.2) is 17.5 Å². The highest BCUT2D eigenvalue weighted by Crippen LogP contribution is 2.40. The van der Waals surface area contributed by atoms with Crippen LogP contribution in [-0.4, -0.2) is 19.9 Å². The van der Waals surface area contributed by atoms with Crippen molar-refractivity contribution in [3.63, 3.8) is 0 Å². The summed E-state index contributed by atoms with van der Waals surface area (Å²) in [5, 5.41) is 8.23. The molecule has 10 rings (SSSR count). The lowest BCUT2D eigenvalue weighted by molar-refractivity contribution is 0.669. The van der Waals surface area contributed by atoms with Gasteiger partial charge in [0.1, 0.15) is 22.3 Å². The molecule has 0 spiro atoms. The van der Waals surface area contributed by atoms with Crippen LogP contribution in [0, 0.1) is 0 Å². The van der Waals surface area contributed by atoms with Crippen molar-refractivity contribution in [2.45, 2.75) is 0 Å². The number of para-hydroxylation sites is 1. The molecular weight excluding hydrogens is 568 g/mol. The largest absolute Gasteiger partial charge is 0.456 e. The zero-order valence-electron chi connectivity index (χ0n) is 24.3. The van der Waals surface area contributed by atoms with Gasteiger partial charge in [-0.25, -0.2) is 15.0 Å². The average molecular weight is 591 g/mol. The van der Waals surface area contributed by atoms with Gasteiger partial charge >= 0.3 is 0 Å². The van der Waals surface area contributed by atoms with Gasteiger partial charge < -0.3 is 8.83 Å². The van der Waals surface area contributed by atoms with Gasteiger partial charge in [-0.3, -0.25) is 4.98 Å². The van der Waals surface area contributed by atoms with Crippen molar-refractivity contribution >= 4 is 65.4 Å². The summed E-state index contributed by atoms with van der Waals surface area (Å²) in [5.41, 5.74) is 5.85. The number of pyridine rings is 1. The van der Waals surface area contributed by atoms with Crippen LogP contribution in [0.15, 0.2) is 143 Å². The van der Waals surface area contributed by atoms with Crippen molar-refractivity contribution in [3.05, 3.63) is 134 Å². The summed E-state index contributed by atoms with van der Waals surface area (Å²) in [6.45, 7) is 0. The molecule has 0 N–H and O–H groups in total. The zero-order chi connectivity index (χ0) is 30.2. The van der Waals surface area contributed by atoms with E-state index in [0.717, 1.165) is 82.1 Å². The Morgan fingerprint density at radius 3 is 2.04 bits per heavy atom. The van der Waals surface area contributed by atoms with Crippen LogP contribution in [0.2, 0.25) is 0 Å². The van der Waals surface area contributed by atoms with Gasteiger partial charge in [0.2, 0.25) is 0 Å². The topological polar surface area (TPSA) is 77.8 Å². The lowest BCUT2D eigenvalue weighted by Crippen LogP contribution is -2.01. The van der Waals surface area contributed by atoms with Gasteiger partial charge in [-0.15, -0.1) is 0 Å². The van der Waals surface area contributed by atoms with Crippen LogP contribution in [0.25, 0.3) is 99.6 Å². The first-order valence-corrected chi connectivity index (χ1v) is 15.1. The van der Waals surface area contributed by atoms with Crippen LogP contribution in [0.1, 0.15) is 0 Å². The first-order valence-electron chi connectivity index (χ1n) is 15.1. The summed E-state index contributed by atoms with van der Waals surface area (Å²) in [6, 6.07) is 41.1. The fourth-order valence-corrected chi connectivity index (χ4v) is 6.67. The third-order valence-corrected chi connectivity index (χ3v) is 8.81. The third kappa shape index (κ3) is 3.70. The number of benzene rings is 6. The van der Waals surface area contributed by atoms with E-state index >= 15 is 0 Å². The molecule has 0 aliphatic carbocycles. The molecule has 0 saturated carbocycles. The van der Waals surface area contributed by atoms with Crippen molar-refractivity contribution in [2.24, 2.45) is 0 Å². The Balaban J connectivity index is 1.30. The van der Waals surface area contributed by atoms with E-state index in [-0.39, 0.29) is 0 Å². The highest BCUT2D eigenvalue weighted by Gasteiger charge is 2.20. The van der Waals surface area contributed by atoms with Gasteiger partial charge in [0, 0.05) is 56.0 Å². The Morgan fingerprint density at radius 2 is 1.13 bits per heavy atom. The SMILES string of the molecule is c1ccc2cc(-c3nc(-c4cccc5oc6ccccc6c45)nc(-c4cccc5ccc6c7cnccc7oc6c45)n3)ccc2c1. The molecule has 0 unspecified atom stereocenters. The third-order valence-electron chi connectivity index (χ3n) is 8.81. The second-order valence-electron chi connectivity index (χ2n) is 11.5. The van der Waals surface area contributed by atoms with Crippen LogP contribution >= 0.6 is 0 Å². The molecule has 0 saturated heterocycles. The van der Waals surface area contributed by atoms with E-state index in [4.69, 9.17) is 23.8 Å². The summed E-state index contributed by atoms with van der Waals surface area (Å²) < 4.78 is 12.7. The summed E-state index contributed by atoms with van der Waals surface area (Å²) in [4.78, 5) is 19.8. The van der Waals surface area contributed by atoms with Crippen molar-refractivity contribution in [2.75, 3.05) is 0 Å². The molecule has 0 aliphatic heterocycles. The minimum Gasteiger partial charge on any atom is -0.456 e. The number of furan rings is 2. The first-order chi connectivity index (χ1) is 22.8. The van der Waals surface area contributed by atoms with Crippen molar-refractivity contribution in [3.8, 4) is 34.2 Å². The molecule has 0 radical (unpaired) electrons. The highest BCUT2D eigenvalue weighted by molar-refractivity contribution is 6.18. The Hall–Kier alpha value is -6.40. The normalized spacial score (nSPS) is 11.9. The molecule has 214 valence electrons. The zero-order valence-corrected chi connectivity index (χ0v) is 24.3. The molecule has 46 heavy (non-hydrogen) atoms. The quantitative estimate of drug-likeness (QED) is 0.204. The van der Waals surface area contributed by atoms with Crippen LogP contribution < -0.4 is 0 Å². The lowest BCUT2D eigenvalue weighted by atomic mass is 10.0. The van der Waals surface area contributed by atoms with Gasteiger partial charge in [-0.1, -0.05) is 91.0 Å². The molecule has 0 fully saturated rings. The summed E-state index contributed by atoms with van der Waals surface area (Å²) in [5.74, 6) is 1.73. The second-order valence-corrected chi connectivity index (χ2v) is 11.5. The smallest absolute Gasteiger partial charge is 0.164 e. The van der Waals surface area contributed by atoms with E-state index in [1.54, 1.807) is 6.20 Å². The van der Waals surface area contributed by atoms with E-state index in [1.165, 1.54) is 0 Å². The minimum atomic E-state index is 0.564. The van der Waals surface area contributed by atoms with Crippen molar-refractivity contribution in [1.29, 1.82) is 0 Å². The lowest BCUT2D eigenvalue weighted by Gasteiger charge is -2.11. The van der Waals surface area contributed by atoms with Crippen molar-refractivity contribution < 1.29 is 8.83 Å². The second kappa shape index (κ2) is 9.55. The molecule has 6 heteroatoms. The Labute approximate surface area is 261 Å². The molecule has 6 aromatic carbocycles. The summed E-state index contributed by atoms with van der Waals surface area (Å²) >= 11 is 0. The number of fused-ring (bicyclic) bond motifs is 9. The maximum Gasteiger partial charge on any atom is 0.164 e. The molecule has 0 aliphatic rings. The molecule has 0 bridgehead atoms. The van der Waals surface area contributed by atoms with E-state index in [1.807, 2.05) is 60.8 Å². The predicted octanol–water partition coefficient (Wildman–Crippen LogP) is 10.4. The molecule has 4 aromatic heterocycles. The molecule has 0 atom stereocenters. The fraction of sp³-hybridized carbons (Fsp3) is 0. The molecule has 0 amide bonds. The van der Waals surface area contributed by atoms with Gasteiger partial charge in [-0.05, 0) is 46.5 Å². The average Bonchev–Trinajstić information content (AvgIpc) is 3.70. The maximum atomic E-state index is 6.48. The molecule has 10 aromatic rings. The monoisotopic (exact) mass is 590 g/mol. The Bertz CT molecular complexity index is 2830. The van der Waals surface area contributed by atoms with Crippen LogP contribution in [-0.2, 0) is 0 Å². The standard InChI is InChI=1S/C40H22N4O2/c1-2-8-25-21-26(16-15-23(25)7-1)38-42-39(44-40(43-38)30-12-6-14-34-36(30)28-10-3-4-13-32(28)45-34)29-11-5-9-24-17-18-27-31-22-41-20-19-33(31)46-37(27)35(24)29/h1-22H. The van der Waals surface area contributed by atoms with Crippen LogP contribution in [0.4, 0.5) is 0 Å². The number of aromatic nitrogens is 4. The molecular formula is C40H22N4O2. The van der Waals surface area contributed by atoms with Crippen LogP contribution in [0.3, 0.4) is 0 Å². The van der Waals surface area contributed by atoms with Gasteiger partial charge in [0.05, 0.1) is 0 Å². The van der Waals surface area contributed by atoms with Gasteiger partial charge in [-0.2, -0.15) is 0 Å². The number of rotatable bonds is 3.